The summed E-state index contributed by atoms with van der Waals surface area (Å²) >= 11 is 6.02. The van der Waals surface area contributed by atoms with Gasteiger partial charge in [-0.15, -0.1) is 0 Å². The third-order valence-corrected chi connectivity index (χ3v) is 3.01. The maximum absolute atomic E-state index is 13.0. The van der Waals surface area contributed by atoms with Crippen LogP contribution in [0.4, 0.5) is 13.2 Å². The summed E-state index contributed by atoms with van der Waals surface area (Å²) in [5.41, 5.74) is -0.474. The second kappa shape index (κ2) is 5.13. The number of benzene rings is 2. The normalized spacial score (nSPS) is 11.4. The van der Waals surface area contributed by atoms with E-state index in [-0.39, 0.29) is 16.1 Å². The molecule has 0 atom stereocenters. The Kier molecular flexibility index (Phi) is 3.71. The number of alkyl halides is 3. The van der Waals surface area contributed by atoms with Crippen molar-refractivity contribution in [2.75, 3.05) is 7.11 Å². The van der Waals surface area contributed by atoms with E-state index in [1.165, 1.54) is 31.4 Å². The molecule has 0 radical (unpaired) electrons. The lowest BCUT2D eigenvalue weighted by Gasteiger charge is -2.16. The van der Waals surface area contributed by atoms with Gasteiger partial charge in [-0.05, 0) is 23.8 Å². The number of hydrogen-bond donors (Lipinski definition) is 0. The van der Waals surface area contributed by atoms with E-state index in [2.05, 4.69) is 0 Å². The summed E-state index contributed by atoms with van der Waals surface area (Å²) in [4.78, 5) is 0. The highest BCUT2D eigenvalue weighted by molar-refractivity contribution is 6.33. The van der Waals surface area contributed by atoms with Crippen LogP contribution in [0.1, 0.15) is 5.56 Å². The van der Waals surface area contributed by atoms with Gasteiger partial charge in [-0.1, -0.05) is 35.9 Å². The van der Waals surface area contributed by atoms with Crippen LogP contribution in [0, 0.1) is 0 Å². The van der Waals surface area contributed by atoms with E-state index >= 15 is 0 Å². The van der Waals surface area contributed by atoms with E-state index in [1.54, 1.807) is 12.1 Å². The van der Waals surface area contributed by atoms with E-state index in [4.69, 9.17) is 16.3 Å². The first-order valence-corrected chi connectivity index (χ1v) is 5.82. The van der Waals surface area contributed by atoms with Crippen LogP contribution in [-0.4, -0.2) is 7.11 Å². The summed E-state index contributed by atoms with van der Waals surface area (Å²) in [5.74, 6) is 0.309. The fraction of sp³-hybridized carbons (Fsp3) is 0.143. The number of hydrogen-bond acceptors (Lipinski definition) is 1. The minimum absolute atomic E-state index is 0.0115. The molecule has 0 amide bonds. The van der Waals surface area contributed by atoms with Crippen molar-refractivity contribution in [1.82, 2.24) is 0 Å². The number of rotatable bonds is 2. The van der Waals surface area contributed by atoms with E-state index in [1.807, 2.05) is 0 Å². The Hall–Kier alpha value is -1.68. The van der Waals surface area contributed by atoms with Crippen LogP contribution in [0.5, 0.6) is 5.75 Å². The molecule has 0 unspecified atom stereocenters. The largest absolute Gasteiger partial charge is 0.496 e. The van der Waals surface area contributed by atoms with Crippen LogP contribution in [0.15, 0.2) is 42.5 Å². The molecular formula is C14H10ClF3O. The molecule has 0 bridgehead atoms. The van der Waals surface area contributed by atoms with Gasteiger partial charge in [-0.25, -0.2) is 0 Å². The lowest BCUT2D eigenvalue weighted by molar-refractivity contribution is -0.137. The Morgan fingerprint density at radius 2 is 1.68 bits per heavy atom. The smallest absolute Gasteiger partial charge is 0.417 e. The summed E-state index contributed by atoms with van der Waals surface area (Å²) in [6.45, 7) is 0. The lowest BCUT2D eigenvalue weighted by Crippen LogP contribution is -2.07. The van der Waals surface area contributed by atoms with Crippen molar-refractivity contribution in [3.63, 3.8) is 0 Å². The molecule has 2 aromatic carbocycles. The number of halogens is 4. The van der Waals surface area contributed by atoms with Gasteiger partial charge in [-0.2, -0.15) is 13.2 Å². The van der Waals surface area contributed by atoms with Gasteiger partial charge in [0, 0.05) is 5.56 Å². The molecule has 0 spiro atoms. The molecule has 0 aromatic heterocycles. The summed E-state index contributed by atoms with van der Waals surface area (Å²) in [6, 6.07) is 10.0. The van der Waals surface area contributed by atoms with Crippen molar-refractivity contribution in [2.24, 2.45) is 0 Å². The first-order valence-electron chi connectivity index (χ1n) is 5.44. The standard InChI is InChI=1S/C14H10ClF3O/c1-19-12-8-4-7-11(15)13(12)9-5-2-3-6-10(9)14(16,17)18/h2-8H,1H3. The Morgan fingerprint density at radius 1 is 1.00 bits per heavy atom. The molecule has 0 heterocycles. The fourth-order valence-corrected chi connectivity index (χ4v) is 2.15. The van der Waals surface area contributed by atoms with Gasteiger partial charge < -0.3 is 4.74 Å². The Morgan fingerprint density at radius 3 is 2.32 bits per heavy atom. The maximum Gasteiger partial charge on any atom is 0.417 e. The van der Waals surface area contributed by atoms with Gasteiger partial charge in [0.05, 0.1) is 17.7 Å². The quantitative estimate of drug-likeness (QED) is 0.752. The van der Waals surface area contributed by atoms with Gasteiger partial charge in [0.1, 0.15) is 5.75 Å². The van der Waals surface area contributed by atoms with Crippen LogP contribution in [0.25, 0.3) is 11.1 Å². The zero-order valence-electron chi connectivity index (χ0n) is 9.96. The van der Waals surface area contributed by atoms with Crippen molar-refractivity contribution in [3.8, 4) is 16.9 Å². The third-order valence-electron chi connectivity index (χ3n) is 2.70. The van der Waals surface area contributed by atoms with Crippen LogP contribution < -0.4 is 4.74 Å². The van der Waals surface area contributed by atoms with Crippen molar-refractivity contribution in [1.29, 1.82) is 0 Å². The van der Waals surface area contributed by atoms with Crippen molar-refractivity contribution in [2.45, 2.75) is 6.18 Å². The van der Waals surface area contributed by atoms with Crippen LogP contribution >= 0.6 is 11.6 Å². The Bertz CT molecular complexity index is 593. The molecule has 0 fully saturated rings. The molecule has 0 N–H and O–H groups in total. The summed E-state index contributed by atoms with van der Waals surface area (Å²) in [5, 5.41) is 0.219. The first-order chi connectivity index (χ1) is 8.95. The van der Waals surface area contributed by atoms with Crippen molar-refractivity contribution < 1.29 is 17.9 Å². The molecule has 1 nitrogen and oxygen atoms in total. The molecule has 0 saturated heterocycles. The molecule has 19 heavy (non-hydrogen) atoms. The van der Waals surface area contributed by atoms with E-state index in [0.717, 1.165) is 6.07 Å². The second-order valence-corrected chi connectivity index (χ2v) is 4.27. The SMILES string of the molecule is COc1cccc(Cl)c1-c1ccccc1C(F)(F)F. The van der Waals surface area contributed by atoms with Crippen LogP contribution in [-0.2, 0) is 6.18 Å². The Labute approximate surface area is 113 Å². The molecule has 0 aliphatic rings. The third kappa shape index (κ3) is 2.68. The van der Waals surface area contributed by atoms with E-state index in [9.17, 15) is 13.2 Å². The van der Waals surface area contributed by atoms with Crippen LogP contribution in [0.3, 0.4) is 0 Å². The van der Waals surface area contributed by atoms with Crippen LogP contribution in [0.2, 0.25) is 5.02 Å². The molecule has 0 aliphatic heterocycles. The monoisotopic (exact) mass is 286 g/mol. The minimum Gasteiger partial charge on any atom is -0.496 e. The Balaban J connectivity index is 2.73. The van der Waals surface area contributed by atoms with Gasteiger partial charge in [-0.3, -0.25) is 0 Å². The highest BCUT2D eigenvalue weighted by atomic mass is 35.5. The average Bonchev–Trinajstić information content (AvgIpc) is 2.37. The number of methoxy groups -OCH3 is 1. The minimum atomic E-state index is -4.44. The zero-order valence-corrected chi connectivity index (χ0v) is 10.7. The molecule has 2 aromatic rings. The van der Waals surface area contributed by atoms with Crippen molar-refractivity contribution in [3.05, 3.63) is 53.1 Å². The second-order valence-electron chi connectivity index (χ2n) is 3.86. The molecule has 5 heteroatoms. The molecule has 0 aliphatic carbocycles. The van der Waals surface area contributed by atoms with Crippen molar-refractivity contribution >= 4 is 11.6 Å². The van der Waals surface area contributed by atoms with Gasteiger partial charge in [0.15, 0.2) is 0 Å². The fourth-order valence-electron chi connectivity index (χ4n) is 1.88. The highest BCUT2D eigenvalue weighted by Gasteiger charge is 2.34. The molecule has 0 saturated carbocycles. The van der Waals surface area contributed by atoms with Gasteiger partial charge in [0.25, 0.3) is 0 Å². The molecule has 2 rings (SSSR count). The first kappa shape index (κ1) is 13.7. The number of ether oxygens (including phenoxy) is 1. The maximum atomic E-state index is 13.0. The molecule has 100 valence electrons. The van der Waals surface area contributed by atoms with E-state index < -0.39 is 11.7 Å². The van der Waals surface area contributed by atoms with Gasteiger partial charge in [0.2, 0.25) is 0 Å². The molecular weight excluding hydrogens is 277 g/mol. The predicted octanol–water partition coefficient (Wildman–Crippen LogP) is 5.03. The average molecular weight is 287 g/mol. The van der Waals surface area contributed by atoms with E-state index in [0.29, 0.717) is 5.75 Å². The summed E-state index contributed by atoms with van der Waals surface area (Å²) < 4.78 is 44.1. The summed E-state index contributed by atoms with van der Waals surface area (Å²) in [6.07, 6.45) is -4.44. The highest BCUT2D eigenvalue weighted by Crippen LogP contribution is 2.43. The predicted molar refractivity (Wildman–Crippen MR) is 68.4 cm³/mol. The topological polar surface area (TPSA) is 9.23 Å². The zero-order chi connectivity index (χ0) is 14.0. The summed E-state index contributed by atoms with van der Waals surface area (Å²) in [7, 11) is 1.39. The lowest BCUT2D eigenvalue weighted by atomic mass is 9.98. The van der Waals surface area contributed by atoms with Gasteiger partial charge >= 0.3 is 6.18 Å².